The Morgan fingerprint density at radius 3 is 2.52 bits per heavy atom. The molecule has 0 aliphatic carbocycles. The molecule has 1 aromatic carbocycles. The molecule has 4 N–H and O–H groups in total. The Morgan fingerprint density at radius 2 is 2.00 bits per heavy atom. The van der Waals surface area contributed by atoms with Gasteiger partial charge in [-0.3, -0.25) is 4.79 Å². The first-order valence-electron chi connectivity index (χ1n) is 6.72. The molecule has 0 saturated heterocycles. The summed E-state index contributed by atoms with van der Waals surface area (Å²) in [5.74, 6) is -2.09. The second-order valence-electron chi connectivity index (χ2n) is 4.92. The number of amides is 1. The molecule has 0 fully saturated rings. The highest BCUT2D eigenvalue weighted by Gasteiger charge is 2.38. The van der Waals surface area contributed by atoms with Crippen LogP contribution in [0.4, 0.5) is 18.9 Å². The quantitative estimate of drug-likeness (QED) is 0.634. The Kier molecular flexibility index (Phi) is 6.23. The van der Waals surface area contributed by atoms with Gasteiger partial charge in [0.1, 0.15) is 5.75 Å². The van der Waals surface area contributed by atoms with Gasteiger partial charge in [0, 0.05) is 31.6 Å². The number of nitrogens with one attached hydrogen (secondary N) is 2. The van der Waals surface area contributed by atoms with Crippen molar-refractivity contribution < 1.29 is 33.0 Å². The molecule has 2 rings (SSSR count). The Morgan fingerprint density at radius 1 is 1.39 bits per heavy atom. The lowest BCUT2D eigenvalue weighted by Gasteiger charge is -2.10. The van der Waals surface area contributed by atoms with Gasteiger partial charge in [0.25, 0.3) is 0 Å². The number of carboxylic acids is 1. The van der Waals surface area contributed by atoms with Crippen molar-refractivity contribution in [3.63, 3.8) is 0 Å². The van der Waals surface area contributed by atoms with E-state index in [4.69, 9.17) is 9.90 Å². The van der Waals surface area contributed by atoms with E-state index in [-0.39, 0.29) is 5.91 Å². The summed E-state index contributed by atoms with van der Waals surface area (Å²) in [5, 5.41) is 22.6. The topological polar surface area (TPSA) is 98.7 Å². The molecular formula is C14H17F3N2O4. The predicted octanol–water partition coefficient (Wildman–Crippen LogP) is 2.06. The molecule has 6 nitrogen and oxygen atoms in total. The smallest absolute Gasteiger partial charge is 0.490 e. The minimum absolute atomic E-state index is 0.00193. The summed E-state index contributed by atoms with van der Waals surface area (Å²) >= 11 is 0. The molecule has 23 heavy (non-hydrogen) atoms. The van der Waals surface area contributed by atoms with Crippen molar-refractivity contribution in [3.05, 3.63) is 23.8 Å². The van der Waals surface area contributed by atoms with E-state index in [1.54, 1.807) is 12.1 Å². The summed E-state index contributed by atoms with van der Waals surface area (Å²) in [6.07, 6.45) is -4.19. The van der Waals surface area contributed by atoms with Crippen molar-refractivity contribution >= 4 is 17.6 Å². The van der Waals surface area contributed by atoms with Gasteiger partial charge in [-0.05, 0) is 30.2 Å². The minimum Gasteiger partial charge on any atom is -0.508 e. The molecule has 0 bridgehead atoms. The van der Waals surface area contributed by atoms with Gasteiger partial charge < -0.3 is 20.8 Å². The molecule has 128 valence electrons. The van der Waals surface area contributed by atoms with Crippen LogP contribution in [0, 0.1) is 0 Å². The largest absolute Gasteiger partial charge is 0.508 e. The van der Waals surface area contributed by atoms with Gasteiger partial charge in [-0.15, -0.1) is 0 Å². The lowest BCUT2D eigenvalue weighted by Crippen LogP contribution is -2.22. The summed E-state index contributed by atoms with van der Waals surface area (Å²) in [5.41, 5.74) is 2.23. The van der Waals surface area contributed by atoms with Crippen molar-refractivity contribution in [2.24, 2.45) is 0 Å². The Bertz CT molecular complexity index is 576. The van der Waals surface area contributed by atoms with Crippen LogP contribution in [0.25, 0.3) is 0 Å². The molecular weight excluding hydrogens is 317 g/mol. The maximum atomic E-state index is 10.8. The normalized spacial score (nSPS) is 15.7. The number of hydrogen-bond acceptors (Lipinski definition) is 4. The van der Waals surface area contributed by atoms with Crippen LogP contribution in [0.2, 0.25) is 0 Å². The van der Waals surface area contributed by atoms with Crippen LogP contribution in [-0.2, 0) is 9.59 Å². The zero-order chi connectivity index (χ0) is 17.6. The van der Waals surface area contributed by atoms with Crippen molar-refractivity contribution in [2.75, 3.05) is 18.4 Å². The monoisotopic (exact) mass is 334 g/mol. The number of phenols is 1. The van der Waals surface area contributed by atoms with Crippen molar-refractivity contribution in [1.82, 2.24) is 5.32 Å². The fourth-order valence-corrected chi connectivity index (χ4v) is 2.07. The summed E-state index contributed by atoms with van der Waals surface area (Å²) in [6.45, 7) is 3.07. The van der Waals surface area contributed by atoms with Crippen molar-refractivity contribution in [3.8, 4) is 5.75 Å². The van der Waals surface area contributed by atoms with Gasteiger partial charge in [0.15, 0.2) is 0 Å². The molecule has 1 heterocycles. The lowest BCUT2D eigenvalue weighted by molar-refractivity contribution is -0.192. The molecule has 1 aliphatic heterocycles. The van der Waals surface area contributed by atoms with E-state index < -0.39 is 12.1 Å². The number of carbonyl (C=O) groups excluding carboxylic acids is 1. The first-order valence-corrected chi connectivity index (χ1v) is 6.72. The molecule has 1 amide bonds. The number of halogens is 3. The van der Waals surface area contributed by atoms with Crippen LogP contribution in [0.1, 0.15) is 24.8 Å². The third kappa shape index (κ3) is 6.05. The highest BCUT2D eigenvalue weighted by molar-refractivity contribution is 5.73. The second kappa shape index (κ2) is 7.70. The Balaban J connectivity index is 0.000000322. The minimum atomic E-state index is -5.08. The maximum absolute atomic E-state index is 10.8. The number of fused-ring (bicyclic) bond motifs is 1. The second-order valence-corrected chi connectivity index (χ2v) is 4.92. The number of alkyl halides is 3. The van der Waals surface area contributed by atoms with Gasteiger partial charge >= 0.3 is 12.1 Å². The number of phenolic OH excluding ortho intramolecular Hbond substituents is 1. The fraction of sp³-hybridized carbons (Fsp3) is 0.429. The number of carbonyl (C=O) groups is 2. The summed E-state index contributed by atoms with van der Waals surface area (Å²) < 4.78 is 31.7. The number of aliphatic carboxylic acids is 1. The van der Waals surface area contributed by atoms with E-state index in [1.165, 1.54) is 6.92 Å². The Labute approximate surface area is 130 Å². The van der Waals surface area contributed by atoms with Gasteiger partial charge in [0.2, 0.25) is 5.91 Å². The van der Waals surface area contributed by atoms with Crippen LogP contribution in [-0.4, -0.2) is 41.4 Å². The first kappa shape index (κ1) is 18.6. The summed E-state index contributed by atoms with van der Waals surface area (Å²) in [6, 6.07) is 5.37. The van der Waals surface area contributed by atoms with Gasteiger partial charge in [-0.2, -0.15) is 13.2 Å². The van der Waals surface area contributed by atoms with Crippen LogP contribution in [0.3, 0.4) is 0 Å². The number of anilines is 1. The van der Waals surface area contributed by atoms with Crippen molar-refractivity contribution in [2.45, 2.75) is 25.4 Å². The molecule has 0 aromatic heterocycles. The van der Waals surface area contributed by atoms with Crippen LogP contribution < -0.4 is 10.6 Å². The average Bonchev–Trinajstić information content (AvgIpc) is 2.80. The molecule has 0 saturated carbocycles. The third-order valence-corrected chi connectivity index (χ3v) is 3.12. The summed E-state index contributed by atoms with van der Waals surface area (Å²) in [7, 11) is 0. The van der Waals surface area contributed by atoms with Crippen molar-refractivity contribution in [1.29, 1.82) is 0 Å². The zero-order valence-electron chi connectivity index (χ0n) is 12.3. The predicted molar refractivity (Wildman–Crippen MR) is 76.3 cm³/mol. The van der Waals surface area contributed by atoms with E-state index in [1.807, 2.05) is 6.07 Å². The highest BCUT2D eigenvalue weighted by atomic mass is 19.4. The van der Waals surface area contributed by atoms with Crippen LogP contribution >= 0.6 is 0 Å². The van der Waals surface area contributed by atoms with Gasteiger partial charge in [0.05, 0.1) is 0 Å². The molecule has 0 spiro atoms. The first-order chi connectivity index (χ1) is 10.6. The molecule has 1 atom stereocenters. The molecule has 1 unspecified atom stereocenters. The molecule has 9 heteroatoms. The standard InChI is InChI=1S/C12H16N2O2.C2HF3O2/c1-8(15)13-5-4-9-7-14-12-3-2-10(16)6-11(9)12;3-2(4,5)1(6)7/h2-3,6,9,14,16H,4-5,7H2,1H3,(H,13,15);(H,6,7). The fourth-order valence-electron chi connectivity index (χ4n) is 2.07. The summed E-state index contributed by atoms with van der Waals surface area (Å²) in [4.78, 5) is 19.6. The highest BCUT2D eigenvalue weighted by Crippen LogP contribution is 2.35. The van der Waals surface area contributed by atoms with E-state index in [2.05, 4.69) is 10.6 Å². The number of hydrogen-bond donors (Lipinski definition) is 4. The molecule has 0 radical (unpaired) electrons. The molecule has 1 aromatic rings. The van der Waals surface area contributed by atoms with E-state index in [9.17, 15) is 23.1 Å². The van der Waals surface area contributed by atoms with Crippen LogP contribution in [0.15, 0.2) is 18.2 Å². The Hall–Kier alpha value is -2.45. The SMILES string of the molecule is CC(=O)NCCC1CNc2ccc(O)cc21.O=C(O)C(F)(F)F. The van der Waals surface area contributed by atoms with E-state index >= 15 is 0 Å². The maximum Gasteiger partial charge on any atom is 0.490 e. The van der Waals surface area contributed by atoms with E-state index in [0.717, 1.165) is 24.2 Å². The number of aromatic hydroxyl groups is 1. The third-order valence-electron chi connectivity index (χ3n) is 3.12. The van der Waals surface area contributed by atoms with Gasteiger partial charge in [-0.1, -0.05) is 0 Å². The number of benzene rings is 1. The van der Waals surface area contributed by atoms with Crippen LogP contribution in [0.5, 0.6) is 5.75 Å². The number of carboxylic acid groups (broad SMARTS) is 1. The zero-order valence-corrected chi connectivity index (χ0v) is 12.3. The lowest BCUT2D eigenvalue weighted by atomic mass is 9.98. The van der Waals surface area contributed by atoms with E-state index in [0.29, 0.717) is 18.2 Å². The van der Waals surface area contributed by atoms with Gasteiger partial charge in [-0.25, -0.2) is 4.79 Å². The molecule has 1 aliphatic rings. The average molecular weight is 334 g/mol. The number of rotatable bonds is 3.